The normalized spacial score (nSPS) is 12.2. The van der Waals surface area contributed by atoms with E-state index in [0.717, 1.165) is 48.5 Å². The summed E-state index contributed by atoms with van der Waals surface area (Å²) in [6.07, 6.45) is -4.85. The van der Waals surface area contributed by atoms with Gasteiger partial charge in [-0.1, -0.05) is 0 Å². The van der Waals surface area contributed by atoms with Gasteiger partial charge in [-0.3, -0.25) is 0 Å². The summed E-state index contributed by atoms with van der Waals surface area (Å²) in [4.78, 5) is -0.378. The van der Waals surface area contributed by atoms with Crippen LogP contribution in [0.4, 0.5) is 17.6 Å². The Morgan fingerprint density at radius 2 is 1.24 bits per heavy atom. The number of alkyl halides is 3. The van der Waals surface area contributed by atoms with Crippen molar-refractivity contribution in [3.05, 3.63) is 54.3 Å². The molecular formula is C13H8F4O3S. The summed E-state index contributed by atoms with van der Waals surface area (Å²) in [7, 11) is -3.92. The van der Waals surface area contributed by atoms with E-state index in [-0.39, 0.29) is 9.79 Å². The molecule has 0 radical (unpaired) electrons. The predicted molar refractivity (Wildman–Crippen MR) is 65.0 cm³/mol. The van der Waals surface area contributed by atoms with Gasteiger partial charge < -0.3 is 4.74 Å². The highest BCUT2D eigenvalue weighted by molar-refractivity contribution is 7.91. The lowest BCUT2D eigenvalue weighted by atomic mass is 10.3. The van der Waals surface area contributed by atoms with Crippen LogP contribution in [0, 0.1) is 5.82 Å². The van der Waals surface area contributed by atoms with Crippen molar-refractivity contribution in [1.29, 1.82) is 0 Å². The Labute approximate surface area is 117 Å². The van der Waals surface area contributed by atoms with Crippen molar-refractivity contribution >= 4 is 9.84 Å². The molecule has 0 saturated carbocycles. The molecule has 112 valence electrons. The number of sulfone groups is 1. The maximum atomic E-state index is 12.8. The van der Waals surface area contributed by atoms with E-state index in [1.807, 2.05) is 0 Å². The fourth-order valence-electron chi connectivity index (χ4n) is 1.57. The fourth-order valence-corrected chi connectivity index (χ4v) is 2.83. The minimum Gasteiger partial charge on any atom is -0.406 e. The molecule has 8 heteroatoms. The van der Waals surface area contributed by atoms with Gasteiger partial charge in [0.2, 0.25) is 9.84 Å². The molecule has 21 heavy (non-hydrogen) atoms. The minimum atomic E-state index is -4.85. The van der Waals surface area contributed by atoms with Crippen molar-refractivity contribution in [3.8, 4) is 5.75 Å². The quantitative estimate of drug-likeness (QED) is 0.641. The van der Waals surface area contributed by atoms with E-state index < -0.39 is 27.8 Å². The van der Waals surface area contributed by atoms with Crippen LogP contribution in [0.25, 0.3) is 0 Å². The first-order valence-corrected chi connectivity index (χ1v) is 7.03. The molecule has 3 nitrogen and oxygen atoms in total. The summed E-state index contributed by atoms with van der Waals surface area (Å²) in [5.74, 6) is -1.12. The van der Waals surface area contributed by atoms with E-state index in [0.29, 0.717) is 0 Å². The molecule has 0 atom stereocenters. The first-order chi connectivity index (χ1) is 9.68. The molecule has 2 rings (SSSR count). The highest BCUT2D eigenvalue weighted by Gasteiger charge is 2.31. The third-order valence-corrected chi connectivity index (χ3v) is 4.28. The van der Waals surface area contributed by atoms with Gasteiger partial charge in [-0.2, -0.15) is 0 Å². The van der Waals surface area contributed by atoms with Crippen LogP contribution >= 0.6 is 0 Å². The van der Waals surface area contributed by atoms with Crippen LogP contribution in [0.1, 0.15) is 0 Å². The van der Waals surface area contributed by atoms with Gasteiger partial charge in [0.15, 0.2) is 0 Å². The standard InChI is InChI=1S/C13H8F4O3S/c14-9-1-5-11(6-2-9)21(18,19)12-7-3-10(4-8-12)20-13(15,16)17/h1-8H. The summed E-state index contributed by atoms with van der Waals surface area (Å²) >= 11 is 0. The number of hydrogen-bond acceptors (Lipinski definition) is 3. The smallest absolute Gasteiger partial charge is 0.406 e. The molecule has 0 aromatic heterocycles. The average Bonchev–Trinajstić information content (AvgIpc) is 2.38. The number of benzene rings is 2. The van der Waals surface area contributed by atoms with Crippen LogP contribution in [0.3, 0.4) is 0 Å². The van der Waals surface area contributed by atoms with Gasteiger partial charge in [0, 0.05) is 0 Å². The van der Waals surface area contributed by atoms with E-state index in [4.69, 9.17) is 0 Å². The Morgan fingerprint density at radius 3 is 1.67 bits per heavy atom. The summed E-state index contributed by atoms with van der Waals surface area (Å²) in [5, 5.41) is 0. The molecule has 0 saturated heterocycles. The van der Waals surface area contributed by atoms with Gasteiger partial charge >= 0.3 is 6.36 Å². The summed E-state index contributed by atoms with van der Waals surface area (Å²) < 4.78 is 76.7. The van der Waals surface area contributed by atoms with Gasteiger partial charge in [-0.25, -0.2) is 12.8 Å². The number of halogens is 4. The van der Waals surface area contributed by atoms with Crippen molar-refractivity contribution in [3.63, 3.8) is 0 Å². The van der Waals surface area contributed by atoms with Crippen LogP contribution in [-0.2, 0) is 9.84 Å². The SMILES string of the molecule is O=S(=O)(c1ccc(F)cc1)c1ccc(OC(F)(F)F)cc1. The number of ether oxygens (including phenoxy) is 1. The molecular weight excluding hydrogens is 312 g/mol. The van der Waals surface area contributed by atoms with Gasteiger partial charge in [-0.05, 0) is 48.5 Å². The molecule has 0 aliphatic carbocycles. The lowest BCUT2D eigenvalue weighted by Gasteiger charge is -2.09. The van der Waals surface area contributed by atoms with Crippen molar-refractivity contribution in [1.82, 2.24) is 0 Å². The zero-order valence-corrected chi connectivity index (χ0v) is 11.1. The Bertz CT molecular complexity index is 720. The third kappa shape index (κ3) is 3.72. The first kappa shape index (κ1) is 15.3. The van der Waals surface area contributed by atoms with E-state index in [9.17, 15) is 26.0 Å². The van der Waals surface area contributed by atoms with Crippen LogP contribution in [0.5, 0.6) is 5.75 Å². The second-order valence-electron chi connectivity index (χ2n) is 3.98. The molecule has 0 unspecified atom stereocenters. The Kier molecular flexibility index (Phi) is 3.91. The largest absolute Gasteiger partial charge is 0.573 e. The maximum Gasteiger partial charge on any atom is 0.573 e. The van der Waals surface area contributed by atoms with Crippen molar-refractivity contribution in [2.75, 3.05) is 0 Å². The second kappa shape index (κ2) is 5.36. The zero-order valence-electron chi connectivity index (χ0n) is 10.3. The number of hydrogen-bond donors (Lipinski definition) is 0. The fraction of sp³-hybridized carbons (Fsp3) is 0.0769. The van der Waals surface area contributed by atoms with Crippen LogP contribution in [-0.4, -0.2) is 14.8 Å². The van der Waals surface area contributed by atoms with Crippen LogP contribution in [0.2, 0.25) is 0 Å². The molecule has 0 heterocycles. The highest BCUT2D eigenvalue weighted by atomic mass is 32.2. The molecule has 0 spiro atoms. The lowest BCUT2D eigenvalue weighted by molar-refractivity contribution is -0.274. The molecule has 2 aromatic rings. The molecule has 0 bridgehead atoms. The van der Waals surface area contributed by atoms with Gasteiger partial charge in [0.1, 0.15) is 11.6 Å². The Hall–Kier alpha value is -2.09. The molecule has 0 amide bonds. The zero-order chi connectivity index (χ0) is 15.7. The predicted octanol–water partition coefficient (Wildman–Crippen LogP) is 3.56. The van der Waals surface area contributed by atoms with Gasteiger partial charge in [0.05, 0.1) is 9.79 Å². The summed E-state index contributed by atoms with van der Waals surface area (Å²) in [6.45, 7) is 0. The molecule has 0 aliphatic rings. The van der Waals surface area contributed by atoms with E-state index in [1.165, 1.54) is 0 Å². The maximum absolute atomic E-state index is 12.8. The topological polar surface area (TPSA) is 43.4 Å². The number of rotatable bonds is 3. The monoisotopic (exact) mass is 320 g/mol. The summed E-state index contributed by atoms with van der Waals surface area (Å²) in [5.41, 5.74) is 0. The van der Waals surface area contributed by atoms with E-state index >= 15 is 0 Å². The second-order valence-corrected chi connectivity index (χ2v) is 5.93. The summed E-state index contributed by atoms with van der Waals surface area (Å²) in [6, 6.07) is 7.87. The molecule has 0 aliphatic heterocycles. The Balaban J connectivity index is 2.31. The van der Waals surface area contributed by atoms with Crippen molar-refractivity contribution < 1.29 is 30.7 Å². The van der Waals surface area contributed by atoms with Crippen molar-refractivity contribution in [2.24, 2.45) is 0 Å². The lowest BCUT2D eigenvalue weighted by Crippen LogP contribution is -2.17. The van der Waals surface area contributed by atoms with Gasteiger partial charge in [-0.15, -0.1) is 13.2 Å². The highest BCUT2D eigenvalue weighted by Crippen LogP contribution is 2.26. The van der Waals surface area contributed by atoms with Crippen LogP contribution < -0.4 is 4.74 Å². The van der Waals surface area contributed by atoms with E-state index in [2.05, 4.69) is 4.74 Å². The molecule has 2 aromatic carbocycles. The van der Waals surface area contributed by atoms with Crippen molar-refractivity contribution in [2.45, 2.75) is 16.2 Å². The first-order valence-electron chi connectivity index (χ1n) is 5.55. The average molecular weight is 320 g/mol. The molecule has 0 N–H and O–H groups in total. The van der Waals surface area contributed by atoms with Gasteiger partial charge in [0.25, 0.3) is 0 Å². The van der Waals surface area contributed by atoms with Crippen LogP contribution in [0.15, 0.2) is 58.3 Å². The van der Waals surface area contributed by atoms with E-state index in [1.54, 1.807) is 0 Å². The Morgan fingerprint density at radius 1 is 0.810 bits per heavy atom. The third-order valence-electron chi connectivity index (χ3n) is 2.49. The minimum absolute atomic E-state index is 0.159. The molecule has 0 fully saturated rings.